The third-order valence-corrected chi connectivity index (χ3v) is 2.52. The van der Waals surface area contributed by atoms with Crippen molar-refractivity contribution < 1.29 is 4.79 Å². The van der Waals surface area contributed by atoms with Crippen LogP contribution in [0.2, 0.25) is 0 Å². The summed E-state index contributed by atoms with van der Waals surface area (Å²) in [5, 5.41) is 1.92. The molecule has 0 radical (unpaired) electrons. The first-order valence-electron chi connectivity index (χ1n) is 3.44. The van der Waals surface area contributed by atoms with Crippen LogP contribution >= 0.6 is 11.3 Å². The van der Waals surface area contributed by atoms with Gasteiger partial charge in [0.05, 0.1) is 12.6 Å². The highest BCUT2D eigenvalue weighted by Gasteiger charge is 2.05. The maximum Gasteiger partial charge on any atom is 0.223 e. The lowest BCUT2D eigenvalue weighted by atomic mass is 10.3. The summed E-state index contributed by atoms with van der Waals surface area (Å²) in [6.07, 6.45) is 3.72. The molecule has 0 aromatic carbocycles. The van der Waals surface area contributed by atoms with Crippen molar-refractivity contribution in [3.05, 3.63) is 23.6 Å². The zero-order chi connectivity index (χ0) is 8.55. The molecule has 2 aromatic rings. The summed E-state index contributed by atoms with van der Waals surface area (Å²) in [6, 6.07) is 0. The van der Waals surface area contributed by atoms with Gasteiger partial charge in [-0.3, -0.25) is 9.20 Å². The number of imidazole rings is 1. The molecule has 2 aromatic heterocycles. The van der Waals surface area contributed by atoms with Crippen molar-refractivity contribution in [2.45, 2.75) is 6.42 Å². The Morgan fingerprint density at radius 1 is 1.75 bits per heavy atom. The van der Waals surface area contributed by atoms with Gasteiger partial charge in [0.1, 0.15) is 11.2 Å². The van der Waals surface area contributed by atoms with Crippen molar-refractivity contribution in [1.29, 1.82) is 0 Å². The zero-order valence-corrected chi connectivity index (χ0v) is 7.04. The molecule has 0 saturated heterocycles. The molecule has 0 bridgehead atoms. The highest BCUT2D eigenvalue weighted by atomic mass is 32.1. The van der Waals surface area contributed by atoms with E-state index >= 15 is 0 Å². The van der Waals surface area contributed by atoms with Gasteiger partial charge in [0, 0.05) is 11.1 Å². The minimum atomic E-state index is -0.316. The van der Waals surface area contributed by atoms with E-state index in [0.717, 1.165) is 10.5 Å². The number of primary amides is 1. The molecule has 0 aliphatic carbocycles. The van der Waals surface area contributed by atoms with E-state index in [1.54, 1.807) is 23.9 Å². The van der Waals surface area contributed by atoms with Crippen LogP contribution in [0.1, 0.15) is 5.69 Å². The molecular weight excluding hydrogens is 174 g/mol. The van der Waals surface area contributed by atoms with Crippen molar-refractivity contribution in [2.75, 3.05) is 0 Å². The smallest absolute Gasteiger partial charge is 0.223 e. The van der Waals surface area contributed by atoms with Crippen molar-refractivity contribution in [1.82, 2.24) is 9.38 Å². The molecule has 12 heavy (non-hydrogen) atoms. The summed E-state index contributed by atoms with van der Waals surface area (Å²) in [7, 11) is 0. The normalized spacial score (nSPS) is 10.7. The van der Waals surface area contributed by atoms with Crippen LogP contribution in [0.15, 0.2) is 17.9 Å². The number of nitrogens with two attached hydrogens (primary N) is 1. The van der Waals surface area contributed by atoms with Gasteiger partial charge in [-0.1, -0.05) is 0 Å². The molecule has 0 fully saturated rings. The average Bonchev–Trinajstić information content (AvgIpc) is 2.52. The lowest BCUT2D eigenvalue weighted by Gasteiger charge is -1.92. The molecule has 5 heteroatoms. The minimum Gasteiger partial charge on any atom is -0.369 e. The first-order valence-corrected chi connectivity index (χ1v) is 4.32. The summed E-state index contributed by atoms with van der Waals surface area (Å²) >= 11 is 1.56. The third-order valence-electron chi connectivity index (χ3n) is 1.59. The average molecular weight is 181 g/mol. The largest absolute Gasteiger partial charge is 0.369 e. The Kier molecular flexibility index (Phi) is 1.58. The standard InChI is InChI=1S/C7H7N3OS/c8-6(11)1-5-3-12-7-2-9-4-10(5)7/h2-4H,1H2,(H2,8,11). The van der Waals surface area contributed by atoms with Gasteiger partial charge in [0.15, 0.2) is 0 Å². The van der Waals surface area contributed by atoms with Gasteiger partial charge < -0.3 is 5.73 Å². The fourth-order valence-corrected chi connectivity index (χ4v) is 1.93. The van der Waals surface area contributed by atoms with Crippen LogP contribution in [0.3, 0.4) is 0 Å². The Bertz CT molecular complexity index is 417. The minimum absolute atomic E-state index is 0.274. The van der Waals surface area contributed by atoms with Crippen molar-refractivity contribution in [2.24, 2.45) is 5.73 Å². The zero-order valence-electron chi connectivity index (χ0n) is 6.23. The first-order chi connectivity index (χ1) is 5.77. The van der Waals surface area contributed by atoms with Gasteiger partial charge in [-0.2, -0.15) is 0 Å². The SMILES string of the molecule is NC(=O)Cc1csc2cncn12. The second kappa shape index (κ2) is 2.60. The van der Waals surface area contributed by atoms with Gasteiger partial charge >= 0.3 is 0 Å². The Morgan fingerprint density at radius 3 is 3.33 bits per heavy atom. The number of nitrogens with zero attached hydrogens (tertiary/aromatic N) is 2. The number of hydrogen-bond donors (Lipinski definition) is 1. The summed E-state index contributed by atoms with van der Waals surface area (Å²) in [6.45, 7) is 0. The highest BCUT2D eigenvalue weighted by molar-refractivity contribution is 7.15. The molecular formula is C7H7N3OS. The van der Waals surface area contributed by atoms with Crippen LogP contribution in [0.5, 0.6) is 0 Å². The predicted molar refractivity (Wildman–Crippen MR) is 46.0 cm³/mol. The van der Waals surface area contributed by atoms with Crippen molar-refractivity contribution >= 4 is 22.1 Å². The van der Waals surface area contributed by atoms with Crippen LogP contribution in [0, 0.1) is 0 Å². The molecule has 0 aliphatic rings. The Hall–Kier alpha value is -1.36. The maximum absolute atomic E-state index is 10.6. The van der Waals surface area contributed by atoms with E-state index in [-0.39, 0.29) is 12.3 Å². The number of carbonyl (C=O) groups excluding carboxylic acids is 1. The molecule has 1 amide bonds. The molecule has 0 aliphatic heterocycles. The lowest BCUT2D eigenvalue weighted by molar-refractivity contribution is -0.117. The first kappa shape index (κ1) is 7.30. The third kappa shape index (κ3) is 1.08. The van der Waals surface area contributed by atoms with E-state index in [1.165, 1.54) is 0 Å². The van der Waals surface area contributed by atoms with Crippen molar-refractivity contribution in [3.63, 3.8) is 0 Å². The van der Waals surface area contributed by atoms with Crippen LogP contribution < -0.4 is 5.73 Å². The van der Waals surface area contributed by atoms with Gasteiger partial charge in [-0.05, 0) is 0 Å². The van der Waals surface area contributed by atoms with Gasteiger partial charge in [0.25, 0.3) is 0 Å². The summed E-state index contributed by atoms with van der Waals surface area (Å²) in [5.41, 5.74) is 5.98. The van der Waals surface area contributed by atoms with Gasteiger partial charge in [-0.25, -0.2) is 4.98 Å². The maximum atomic E-state index is 10.6. The Morgan fingerprint density at radius 2 is 2.58 bits per heavy atom. The number of amides is 1. The van der Waals surface area contributed by atoms with Crippen LogP contribution in [0.4, 0.5) is 0 Å². The Balaban J connectivity index is 2.47. The van der Waals surface area contributed by atoms with Gasteiger partial charge in [0.2, 0.25) is 5.91 Å². The molecule has 0 spiro atoms. The lowest BCUT2D eigenvalue weighted by Crippen LogP contribution is -2.14. The second-order valence-electron chi connectivity index (χ2n) is 2.47. The fraction of sp³-hybridized carbons (Fsp3) is 0.143. The van der Waals surface area contributed by atoms with Crippen LogP contribution in [-0.2, 0) is 11.2 Å². The summed E-state index contributed by atoms with van der Waals surface area (Å²) in [4.78, 5) is 15.6. The molecule has 2 heterocycles. The van der Waals surface area contributed by atoms with Crippen LogP contribution in [-0.4, -0.2) is 15.3 Å². The van der Waals surface area contributed by atoms with E-state index < -0.39 is 0 Å². The van der Waals surface area contributed by atoms with Crippen LogP contribution in [0.25, 0.3) is 4.83 Å². The fourth-order valence-electron chi connectivity index (χ4n) is 1.08. The predicted octanol–water partition coefficient (Wildman–Crippen LogP) is 0.424. The highest BCUT2D eigenvalue weighted by Crippen LogP contribution is 2.15. The monoisotopic (exact) mass is 181 g/mol. The second-order valence-corrected chi connectivity index (χ2v) is 3.36. The van der Waals surface area contributed by atoms with E-state index in [0.29, 0.717) is 0 Å². The molecule has 62 valence electrons. The molecule has 2 rings (SSSR count). The number of rotatable bonds is 2. The van der Waals surface area contributed by atoms with Gasteiger partial charge in [-0.15, -0.1) is 11.3 Å². The molecule has 2 N–H and O–H groups in total. The topological polar surface area (TPSA) is 60.4 Å². The number of aromatic nitrogens is 2. The molecule has 0 saturated carbocycles. The van der Waals surface area contributed by atoms with E-state index in [4.69, 9.17) is 5.73 Å². The number of carbonyl (C=O) groups is 1. The van der Waals surface area contributed by atoms with Crippen molar-refractivity contribution in [3.8, 4) is 0 Å². The quantitative estimate of drug-likeness (QED) is 0.730. The van der Waals surface area contributed by atoms with E-state index in [9.17, 15) is 4.79 Å². The summed E-state index contributed by atoms with van der Waals surface area (Å²) < 4.78 is 1.87. The van der Waals surface area contributed by atoms with E-state index in [2.05, 4.69) is 4.98 Å². The molecule has 4 nitrogen and oxygen atoms in total. The van der Waals surface area contributed by atoms with E-state index in [1.807, 2.05) is 9.78 Å². The molecule has 0 atom stereocenters. The number of thiazole rings is 1. The summed E-state index contributed by atoms with van der Waals surface area (Å²) in [5.74, 6) is -0.316. The Labute approximate surface area is 72.6 Å². The number of fused-ring (bicyclic) bond motifs is 1. The molecule has 0 unspecified atom stereocenters. The number of hydrogen-bond acceptors (Lipinski definition) is 3.